The molecule has 2 aliphatic heterocycles. The highest BCUT2D eigenvalue weighted by Gasteiger charge is 2.30. The van der Waals surface area contributed by atoms with Crippen LogP contribution >= 0.6 is 11.6 Å². The minimum Gasteiger partial charge on any atom is -0.313 e. The van der Waals surface area contributed by atoms with Gasteiger partial charge in [-0.25, -0.2) is 0 Å². The van der Waals surface area contributed by atoms with Gasteiger partial charge in [-0.15, -0.1) is 0 Å². The predicted octanol–water partition coefficient (Wildman–Crippen LogP) is 2.77. The molecule has 0 aromatic heterocycles. The maximum atomic E-state index is 6.11. The minimum atomic E-state index is 0.394. The fourth-order valence-electron chi connectivity index (χ4n) is 3.77. The molecular formula is C17H26ClN3. The van der Waals surface area contributed by atoms with E-state index in [4.69, 9.17) is 11.6 Å². The van der Waals surface area contributed by atoms with Gasteiger partial charge in [-0.1, -0.05) is 23.7 Å². The first-order valence-corrected chi connectivity index (χ1v) is 8.53. The van der Waals surface area contributed by atoms with E-state index in [-0.39, 0.29) is 0 Å². The molecule has 0 aliphatic carbocycles. The van der Waals surface area contributed by atoms with Gasteiger partial charge in [0.15, 0.2) is 0 Å². The van der Waals surface area contributed by atoms with Crippen molar-refractivity contribution in [2.75, 3.05) is 39.8 Å². The van der Waals surface area contributed by atoms with Crippen LogP contribution in [0, 0.1) is 0 Å². The molecule has 2 aliphatic rings. The Morgan fingerprint density at radius 2 is 2.24 bits per heavy atom. The number of piperazine rings is 1. The zero-order valence-corrected chi connectivity index (χ0v) is 13.6. The van der Waals surface area contributed by atoms with Crippen LogP contribution in [0.2, 0.25) is 5.02 Å². The molecular weight excluding hydrogens is 282 g/mol. The summed E-state index contributed by atoms with van der Waals surface area (Å²) in [4.78, 5) is 5.31. The molecule has 116 valence electrons. The average Bonchev–Trinajstić information content (AvgIpc) is 2.95. The molecule has 3 rings (SSSR count). The van der Waals surface area contributed by atoms with E-state index in [0.717, 1.165) is 17.5 Å². The van der Waals surface area contributed by atoms with Crippen molar-refractivity contribution < 1.29 is 0 Å². The van der Waals surface area contributed by atoms with Gasteiger partial charge >= 0.3 is 0 Å². The van der Waals surface area contributed by atoms with Crippen molar-refractivity contribution in [1.82, 2.24) is 15.1 Å². The van der Waals surface area contributed by atoms with Gasteiger partial charge in [0.1, 0.15) is 0 Å². The van der Waals surface area contributed by atoms with Crippen LogP contribution in [-0.2, 0) is 0 Å². The van der Waals surface area contributed by atoms with E-state index in [9.17, 15) is 0 Å². The quantitative estimate of drug-likeness (QED) is 0.902. The standard InChI is InChI=1S/C17H26ClN3/c1-19-17(14-4-2-5-15(18)12-14)7-9-20-10-11-21-8-3-6-16(21)13-20/h2,4-5,12,16-17,19H,3,6-11,13H2,1H3. The Morgan fingerprint density at radius 3 is 3.05 bits per heavy atom. The topological polar surface area (TPSA) is 18.5 Å². The summed E-state index contributed by atoms with van der Waals surface area (Å²) in [6.07, 6.45) is 3.92. The summed E-state index contributed by atoms with van der Waals surface area (Å²) in [5, 5.41) is 4.26. The highest BCUT2D eigenvalue weighted by molar-refractivity contribution is 6.30. The predicted molar refractivity (Wildman–Crippen MR) is 88.9 cm³/mol. The van der Waals surface area contributed by atoms with Crippen molar-refractivity contribution in [1.29, 1.82) is 0 Å². The maximum absolute atomic E-state index is 6.11. The SMILES string of the molecule is CNC(CCN1CCN2CCCC2C1)c1cccc(Cl)c1. The van der Waals surface area contributed by atoms with Gasteiger partial charge in [0.05, 0.1) is 0 Å². The van der Waals surface area contributed by atoms with E-state index < -0.39 is 0 Å². The second kappa shape index (κ2) is 7.10. The first-order chi connectivity index (χ1) is 10.3. The van der Waals surface area contributed by atoms with E-state index >= 15 is 0 Å². The van der Waals surface area contributed by atoms with Gasteiger partial charge < -0.3 is 10.2 Å². The molecule has 2 saturated heterocycles. The number of rotatable bonds is 5. The number of halogens is 1. The normalized spacial score (nSPS) is 25.0. The van der Waals surface area contributed by atoms with Crippen LogP contribution in [-0.4, -0.2) is 55.6 Å². The summed E-state index contributed by atoms with van der Waals surface area (Å²) < 4.78 is 0. The van der Waals surface area contributed by atoms with E-state index in [1.54, 1.807) is 0 Å². The summed E-state index contributed by atoms with van der Waals surface area (Å²) >= 11 is 6.11. The second-order valence-electron chi connectivity index (χ2n) is 6.32. The Balaban J connectivity index is 1.53. The molecule has 0 spiro atoms. The second-order valence-corrected chi connectivity index (χ2v) is 6.75. The zero-order chi connectivity index (χ0) is 14.7. The number of nitrogens with zero attached hydrogens (tertiary/aromatic N) is 2. The molecule has 2 unspecified atom stereocenters. The molecule has 0 saturated carbocycles. The van der Waals surface area contributed by atoms with Crippen molar-refractivity contribution in [3.8, 4) is 0 Å². The summed E-state index contributed by atoms with van der Waals surface area (Å²) in [5.74, 6) is 0. The lowest BCUT2D eigenvalue weighted by molar-refractivity contribution is 0.101. The van der Waals surface area contributed by atoms with Gasteiger partial charge in [-0.2, -0.15) is 0 Å². The number of nitrogens with one attached hydrogen (secondary N) is 1. The van der Waals surface area contributed by atoms with E-state index in [0.29, 0.717) is 6.04 Å². The minimum absolute atomic E-state index is 0.394. The molecule has 4 heteroatoms. The van der Waals surface area contributed by atoms with Crippen molar-refractivity contribution in [3.63, 3.8) is 0 Å². The van der Waals surface area contributed by atoms with Crippen molar-refractivity contribution in [2.24, 2.45) is 0 Å². The van der Waals surface area contributed by atoms with Gasteiger partial charge in [-0.3, -0.25) is 4.90 Å². The van der Waals surface area contributed by atoms with Gasteiger partial charge in [0, 0.05) is 43.3 Å². The number of hydrogen-bond donors (Lipinski definition) is 1. The molecule has 1 N–H and O–H groups in total. The molecule has 0 bridgehead atoms. The number of benzene rings is 1. The molecule has 2 fully saturated rings. The molecule has 21 heavy (non-hydrogen) atoms. The molecule has 2 heterocycles. The van der Waals surface area contributed by atoms with E-state index in [2.05, 4.69) is 27.2 Å². The Hall–Kier alpha value is -0.610. The van der Waals surface area contributed by atoms with E-state index in [1.165, 1.54) is 51.1 Å². The van der Waals surface area contributed by atoms with Crippen LogP contribution in [0.5, 0.6) is 0 Å². The molecule has 0 amide bonds. The maximum Gasteiger partial charge on any atom is 0.0409 e. The van der Waals surface area contributed by atoms with Crippen LogP contribution < -0.4 is 5.32 Å². The summed E-state index contributed by atoms with van der Waals surface area (Å²) in [7, 11) is 2.04. The molecule has 0 radical (unpaired) electrons. The van der Waals surface area contributed by atoms with Crippen molar-refractivity contribution in [3.05, 3.63) is 34.9 Å². The largest absolute Gasteiger partial charge is 0.313 e. The first kappa shape index (κ1) is 15.3. The van der Waals surface area contributed by atoms with Crippen molar-refractivity contribution >= 4 is 11.6 Å². The Morgan fingerprint density at radius 1 is 1.33 bits per heavy atom. The van der Waals surface area contributed by atoms with Gasteiger partial charge in [0.2, 0.25) is 0 Å². The monoisotopic (exact) mass is 307 g/mol. The number of hydrogen-bond acceptors (Lipinski definition) is 3. The smallest absolute Gasteiger partial charge is 0.0409 e. The molecule has 3 nitrogen and oxygen atoms in total. The molecule has 1 aromatic rings. The Labute approximate surface area is 133 Å². The molecule has 1 aromatic carbocycles. The summed E-state index contributed by atoms with van der Waals surface area (Å²) in [6.45, 7) is 6.23. The highest BCUT2D eigenvalue weighted by Crippen LogP contribution is 2.24. The molecule has 2 atom stereocenters. The van der Waals surface area contributed by atoms with Crippen molar-refractivity contribution in [2.45, 2.75) is 31.3 Å². The van der Waals surface area contributed by atoms with Crippen LogP contribution in [0.25, 0.3) is 0 Å². The van der Waals surface area contributed by atoms with E-state index in [1.807, 2.05) is 19.2 Å². The lowest BCUT2D eigenvalue weighted by Gasteiger charge is -2.38. The third-order valence-electron chi connectivity index (χ3n) is 5.00. The average molecular weight is 308 g/mol. The Kier molecular flexibility index (Phi) is 5.17. The van der Waals surface area contributed by atoms with Crippen LogP contribution in [0.15, 0.2) is 24.3 Å². The van der Waals surface area contributed by atoms with Crippen LogP contribution in [0.4, 0.5) is 0 Å². The first-order valence-electron chi connectivity index (χ1n) is 8.15. The third kappa shape index (κ3) is 3.78. The lowest BCUT2D eigenvalue weighted by atomic mass is 10.0. The summed E-state index contributed by atoms with van der Waals surface area (Å²) in [5.41, 5.74) is 1.30. The zero-order valence-electron chi connectivity index (χ0n) is 12.9. The third-order valence-corrected chi connectivity index (χ3v) is 5.24. The Bertz CT molecular complexity index is 465. The van der Waals surface area contributed by atoms with Gasteiger partial charge in [-0.05, 0) is 50.6 Å². The van der Waals surface area contributed by atoms with Crippen LogP contribution in [0.1, 0.15) is 30.9 Å². The summed E-state index contributed by atoms with van der Waals surface area (Å²) in [6, 6.07) is 9.44. The van der Waals surface area contributed by atoms with Gasteiger partial charge in [0.25, 0.3) is 0 Å². The number of fused-ring (bicyclic) bond motifs is 1. The van der Waals surface area contributed by atoms with Crippen LogP contribution in [0.3, 0.4) is 0 Å². The fourth-order valence-corrected chi connectivity index (χ4v) is 3.97. The lowest BCUT2D eigenvalue weighted by Crippen LogP contribution is -2.50. The highest BCUT2D eigenvalue weighted by atomic mass is 35.5. The fraction of sp³-hybridized carbons (Fsp3) is 0.647.